The maximum absolute atomic E-state index is 13.4. The van der Waals surface area contributed by atoms with Crippen molar-refractivity contribution in [1.29, 1.82) is 0 Å². The van der Waals surface area contributed by atoms with E-state index in [1.165, 1.54) is 19.1 Å². The van der Waals surface area contributed by atoms with Gasteiger partial charge in [0.05, 0.1) is 16.3 Å². The van der Waals surface area contributed by atoms with Crippen LogP contribution in [0.3, 0.4) is 0 Å². The van der Waals surface area contributed by atoms with E-state index < -0.39 is 22.5 Å². The van der Waals surface area contributed by atoms with Crippen molar-refractivity contribution in [2.75, 3.05) is 16.2 Å². The van der Waals surface area contributed by atoms with E-state index in [1.54, 1.807) is 61.5 Å². The van der Waals surface area contributed by atoms with Crippen molar-refractivity contribution >= 4 is 38.9 Å². The highest BCUT2D eigenvalue weighted by molar-refractivity contribution is 7.92. The lowest BCUT2D eigenvalue weighted by atomic mass is 10.1. The maximum atomic E-state index is 13.4. The first-order valence-electron chi connectivity index (χ1n) is 10.9. The number of carbonyl (C=O) groups is 2. The number of aryl methyl sites for hydroxylation is 2. The first kappa shape index (κ1) is 25.6. The molecule has 9 heteroatoms. The molecule has 0 aliphatic rings. The average molecular weight is 493 g/mol. The summed E-state index contributed by atoms with van der Waals surface area (Å²) in [4.78, 5) is 24.2. The van der Waals surface area contributed by atoms with Gasteiger partial charge in [0.1, 0.15) is 6.54 Å². The van der Waals surface area contributed by atoms with Gasteiger partial charge in [-0.2, -0.15) is 5.10 Å². The van der Waals surface area contributed by atoms with Crippen LogP contribution in [-0.2, 0) is 19.6 Å². The highest BCUT2D eigenvalue weighted by Gasteiger charge is 2.27. The SMILES string of the molecule is CC(=O)Nc1cccc(C(C)=NNC(=O)CN(c2ccc(C)c(C)c2)S(=O)(=O)c2ccccc2)c1. The van der Waals surface area contributed by atoms with Gasteiger partial charge in [0, 0.05) is 12.6 Å². The molecule has 2 amide bonds. The van der Waals surface area contributed by atoms with Gasteiger partial charge in [-0.05, 0) is 73.9 Å². The van der Waals surface area contributed by atoms with Crippen molar-refractivity contribution in [2.24, 2.45) is 5.10 Å². The van der Waals surface area contributed by atoms with Crippen molar-refractivity contribution in [3.05, 3.63) is 89.5 Å². The van der Waals surface area contributed by atoms with E-state index in [0.29, 0.717) is 22.6 Å². The second-order valence-corrected chi connectivity index (χ2v) is 9.95. The Kier molecular flexibility index (Phi) is 8.03. The van der Waals surface area contributed by atoms with Gasteiger partial charge in [0.15, 0.2) is 0 Å². The minimum Gasteiger partial charge on any atom is -0.326 e. The number of hydrazone groups is 1. The molecule has 0 unspecified atom stereocenters. The van der Waals surface area contributed by atoms with Gasteiger partial charge < -0.3 is 5.32 Å². The van der Waals surface area contributed by atoms with Crippen LogP contribution in [0, 0.1) is 13.8 Å². The Labute approximate surface area is 205 Å². The fraction of sp³-hybridized carbons (Fsp3) is 0.192. The summed E-state index contributed by atoms with van der Waals surface area (Å²) in [6.45, 7) is 6.48. The number of amides is 2. The molecular formula is C26H28N4O4S. The molecule has 0 aromatic heterocycles. The highest BCUT2D eigenvalue weighted by Crippen LogP contribution is 2.25. The second kappa shape index (κ2) is 11.0. The average Bonchev–Trinajstić information content (AvgIpc) is 2.83. The predicted molar refractivity (Wildman–Crippen MR) is 138 cm³/mol. The molecule has 0 saturated carbocycles. The number of carbonyl (C=O) groups excluding carboxylic acids is 2. The van der Waals surface area contributed by atoms with Gasteiger partial charge in [-0.15, -0.1) is 0 Å². The number of rotatable bonds is 8. The highest BCUT2D eigenvalue weighted by atomic mass is 32.2. The quantitative estimate of drug-likeness (QED) is 0.366. The van der Waals surface area contributed by atoms with E-state index in [4.69, 9.17) is 0 Å². The van der Waals surface area contributed by atoms with Gasteiger partial charge in [-0.1, -0.05) is 36.4 Å². The third-order valence-electron chi connectivity index (χ3n) is 5.35. The minimum absolute atomic E-state index is 0.0838. The van der Waals surface area contributed by atoms with Crippen LogP contribution >= 0.6 is 0 Å². The molecule has 0 radical (unpaired) electrons. The van der Waals surface area contributed by atoms with Crippen LogP contribution in [0.25, 0.3) is 0 Å². The molecule has 0 bridgehead atoms. The van der Waals surface area contributed by atoms with E-state index in [1.807, 2.05) is 19.9 Å². The summed E-state index contributed by atoms with van der Waals surface area (Å²) in [5.74, 6) is -0.795. The van der Waals surface area contributed by atoms with E-state index >= 15 is 0 Å². The van der Waals surface area contributed by atoms with Crippen LogP contribution in [0.4, 0.5) is 11.4 Å². The van der Waals surface area contributed by atoms with Gasteiger partial charge in [0.2, 0.25) is 5.91 Å². The molecule has 0 aliphatic heterocycles. The summed E-state index contributed by atoms with van der Waals surface area (Å²) in [6, 6.07) is 20.2. The van der Waals surface area contributed by atoms with E-state index in [9.17, 15) is 18.0 Å². The molecule has 0 saturated heterocycles. The molecule has 8 nitrogen and oxygen atoms in total. The number of hydrogen-bond donors (Lipinski definition) is 2. The first-order chi connectivity index (χ1) is 16.6. The number of anilines is 2. The van der Waals surface area contributed by atoms with Crippen LogP contribution in [0.5, 0.6) is 0 Å². The van der Waals surface area contributed by atoms with E-state index in [-0.39, 0.29) is 10.8 Å². The Morgan fingerprint density at radius 2 is 1.60 bits per heavy atom. The maximum Gasteiger partial charge on any atom is 0.264 e. The largest absolute Gasteiger partial charge is 0.326 e. The number of hydrogen-bond acceptors (Lipinski definition) is 5. The van der Waals surface area contributed by atoms with Crippen LogP contribution in [0.2, 0.25) is 0 Å². The van der Waals surface area contributed by atoms with Crippen LogP contribution in [0.1, 0.15) is 30.5 Å². The summed E-state index contributed by atoms with van der Waals surface area (Å²) in [5, 5.41) is 6.83. The second-order valence-electron chi connectivity index (χ2n) is 8.09. The molecule has 0 heterocycles. The number of nitrogens with zero attached hydrogens (tertiary/aromatic N) is 2. The van der Waals surface area contributed by atoms with Gasteiger partial charge in [-0.3, -0.25) is 13.9 Å². The molecule has 0 atom stereocenters. The van der Waals surface area contributed by atoms with Gasteiger partial charge in [0.25, 0.3) is 15.9 Å². The Morgan fingerprint density at radius 3 is 2.26 bits per heavy atom. The molecule has 0 aliphatic carbocycles. The Bertz CT molecular complexity index is 1370. The van der Waals surface area contributed by atoms with Crippen molar-refractivity contribution < 1.29 is 18.0 Å². The number of nitrogens with one attached hydrogen (secondary N) is 2. The van der Waals surface area contributed by atoms with Crippen LogP contribution in [0.15, 0.2) is 82.8 Å². The Hall–Kier alpha value is -3.98. The summed E-state index contributed by atoms with van der Waals surface area (Å²) in [7, 11) is -4.00. The molecule has 0 fully saturated rings. The molecule has 3 aromatic rings. The molecule has 35 heavy (non-hydrogen) atoms. The fourth-order valence-corrected chi connectivity index (χ4v) is 4.75. The molecular weight excluding hydrogens is 464 g/mol. The standard InChI is InChI=1S/C26H28N4O4S/c1-18-13-14-24(15-19(18)2)30(35(33,34)25-11-6-5-7-12-25)17-26(32)29-28-20(3)22-9-8-10-23(16-22)27-21(4)31/h5-16H,17H2,1-4H3,(H,27,31)(H,29,32). The zero-order valence-corrected chi connectivity index (χ0v) is 20.9. The predicted octanol–water partition coefficient (Wildman–Crippen LogP) is 4.00. The summed E-state index contributed by atoms with van der Waals surface area (Å²) < 4.78 is 27.9. The lowest BCUT2D eigenvalue weighted by Crippen LogP contribution is -2.39. The monoisotopic (exact) mass is 492 g/mol. The Balaban J connectivity index is 1.85. The molecule has 3 aromatic carbocycles. The normalized spacial score (nSPS) is 11.6. The summed E-state index contributed by atoms with van der Waals surface area (Å²) in [6.07, 6.45) is 0. The fourth-order valence-electron chi connectivity index (χ4n) is 3.32. The molecule has 3 rings (SSSR count). The number of sulfonamides is 1. The topological polar surface area (TPSA) is 108 Å². The van der Waals surface area contributed by atoms with Crippen LogP contribution < -0.4 is 15.0 Å². The van der Waals surface area contributed by atoms with Crippen molar-refractivity contribution in [1.82, 2.24) is 5.43 Å². The van der Waals surface area contributed by atoms with Crippen molar-refractivity contribution in [3.63, 3.8) is 0 Å². The van der Waals surface area contributed by atoms with E-state index in [0.717, 1.165) is 15.4 Å². The van der Waals surface area contributed by atoms with Crippen molar-refractivity contribution in [2.45, 2.75) is 32.6 Å². The summed E-state index contributed by atoms with van der Waals surface area (Å²) in [5.41, 5.74) is 6.54. The first-order valence-corrected chi connectivity index (χ1v) is 12.4. The third kappa shape index (κ3) is 6.54. The van der Waals surface area contributed by atoms with E-state index in [2.05, 4.69) is 15.8 Å². The lowest BCUT2D eigenvalue weighted by Gasteiger charge is -2.24. The molecule has 0 spiro atoms. The Morgan fingerprint density at radius 1 is 0.886 bits per heavy atom. The zero-order valence-electron chi connectivity index (χ0n) is 20.1. The van der Waals surface area contributed by atoms with Crippen molar-refractivity contribution in [3.8, 4) is 0 Å². The summed E-state index contributed by atoms with van der Waals surface area (Å²) >= 11 is 0. The molecule has 182 valence electrons. The van der Waals surface area contributed by atoms with Gasteiger partial charge in [-0.25, -0.2) is 13.8 Å². The number of benzene rings is 3. The van der Waals surface area contributed by atoms with Gasteiger partial charge >= 0.3 is 0 Å². The third-order valence-corrected chi connectivity index (χ3v) is 7.13. The van der Waals surface area contributed by atoms with Crippen LogP contribution in [-0.4, -0.2) is 32.5 Å². The zero-order chi connectivity index (χ0) is 25.6. The minimum atomic E-state index is -4.00. The molecule has 2 N–H and O–H groups in total. The smallest absolute Gasteiger partial charge is 0.264 e. The lowest BCUT2D eigenvalue weighted by molar-refractivity contribution is -0.119.